The van der Waals surface area contributed by atoms with Crippen LogP contribution in [0.4, 0.5) is 21.8 Å². The van der Waals surface area contributed by atoms with Gasteiger partial charge in [-0.05, 0) is 43.9 Å². The normalized spacial score (nSPS) is 18.4. The highest BCUT2D eigenvalue weighted by molar-refractivity contribution is 5.79. The average molecular weight is 399 g/mol. The number of carbonyl (C=O) groups is 1. The van der Waals surface area contributed by atoms with Crippen molar-refractivity contribution < 1.29 is 13.9 Å². The van der Waals surface area contributed by atoms with Crippen molar-refractivity contribution in [1.82, 2.24) is 15.3 Å². The van der Waals surface area contributed by atoms with Gasteiger partial charge in [-0.25, -0.2) is 9.37 Å². The van der Waals surface area contributed by atoms with E-state index in [1.165, 1.54) is 6.07 Å². The third-order valence-electron chi connectivity index (χ3n) is 5.50. The van der Waals surface area contributed by atoms with E-state index < -0.39 is 0 Å². The molecule has 2 aliphatic rings. The summed E-state index contributed by atoms with van der Waals surface area (Å²) in [5, 5.41) is 6.17. The van der Waals surface area contributed by atoms with Gasteiger partial charge in [-0.1, -0.05) is 12.1 Å². The van der Waals surface area contributed by atoms with Crippen LogP contribution in [-0.2, 0) is 9.53 Å². The Bertz CT molecular complexity index is 835. The number of anilines is 3. The molecule has 0 aliphatic carbocycles. The molecule has 7 nitrogen and oxygen atoms in total. The number of hydrogen-bond donors (Lipinski definition) is 2. The van der Waals surface area contributed by atoms with Gasteiger partial charge in [-0.3, -0.25) is 4.79 Å². The molecule has 0 atom stereocenters. The first kappa shape index (κ1) is 19.6. The summed E-state index contributed by atoms with van der Waals surface area (Å²) >= 11 is 0. The Morgan fingerprint density at radius 1 is 1.10 bits per heavy atom. The minimum absolute atomic E-state index is 0.0221. The van der Waals surface area contributed by atoms with Crippen molar-refractivity contribution in [1.29, 1.82) is 0 Å². The van der Waals surface area contributed by atoms with Crippen molar-refractivity contribution in [2.75, 3.05) is 36.5 Å². The summed E-state index contributed by atoms with van der Waals surface area (Å²) in [6.45, 7) is 2.88. The molecule has 1 aromatic heterocycles. The van der Waals surface area contributed by atoms with Gasteiger partial charge in [-0.2, -0.15) is 4.98 Å². The Kier molecular flexibility index (Phi) is 6.19. The van der Waals surface area contributed by atoms with Crippen molar-refractivity contribution in [3.8, 4) is 0 Å². The lowest BCUT2D eigenvalue weighted by atomic mass is 9.95. The van der Waals surface area contributed by atoms with Gasteiger partial charge in [0.1, 0.15) is 11.6 Å². The number of hydrogen-bond acceptors (Lipinski definition) is 6. The molecule has 154 valence electrons. The maximum Gasteiger partial charge on any atom is 0.227 e. The van der Waals surface area contributed by atoms with Crippen LogP contribution in [0.3, 0.4) is 0 Å². The summed E-state index contributed by atoms with van der Waals surface area (Å²) in [6.07, 6.45) is 4.97. The van der Waals surface area contributed by atoms with Gasteiger partial charge >= 0.3 is 0 Å². The third kappa shape index (κ3) is 5.00. The van der Waals surface area contributed by atoms with Crippen molar-refractivity contribution in [2.45, 2.75) is 31.7 Å². The summed E-state index contributed by atoms with van der Waals surface area (Å²) in [5.74, 6) is 0.972. The molecule has 2 aromatic rings. The van der Waals surface area contributed by atoms with E-state index in [9.17, 15) is 9.18 Å². The zero-order chi connectivity index (χ0) is 20.1. The smallest absolute Gasteiger partial charge is 0.227 e. The van der Waals surface area contributed by atoms with Gasteiger partial charge < -0.3 is 20.3 Å². The van der Waals surface area contributed by atoms with Crippen LogP contribution in [0.15, 0.2) is 36.5 Å². The van der Waals surface area contributed by atoms with E-state index in [4.69, 9.17) is 4.74 Å². The Hall–Kier alpha value is -2.74. The molecule has 0 bridgehead atoms. The molecule has 4 rings (SSSR count). The second-order valence-electron chi connectivity index (χ2n) is 7.50. The van der Waals surface area contributed by atoms with Crippen molar-refractivity contribution in [3.63, 3.8) is 0 Å². The average Bonchev–Trinajstić information content (AvgIpc) is 2.76. The molecule has 0 radical (unpaired) electrons. The monoisotopic (exact) mass is 399 g/mol. The third-order valence-corrected chi connectivity index (χ3v) is 5.50. The van der Waals surface area contributed by atoms with E-state index >= 15 is 0 Å². The molecular weight excluding hydrogens is 373 g/mol. The summed E-state index contributed by atoms with van der Waals surface area (Å²) < 4.78 is 19.2. The molecule has 2 N–H and O–H groups in total. The van der Waals surface area contributed by atoms with Crippen LogP contribution in [-0.4, -0.2) is 48.2 Å². The van der Waals surface area contributed by atoms with E-state index in [1.807, 2.05) is 0 Å². The van der Waals surface area contributed by atoms with Gasteiger partial charge in [-0.15, -0.1) is 0 Å². The fourth-order valence-electron chi connectivity index (χ4n) is 3.77. The Morgan fingerprint density at radius 2 is 1.86 bits per heavy atom. The SMILES string of the molecule is O=C(NC1CCOCC1)C1CCN(c2nccc(Nc3ccccc3F)n2)CC1. The second kappa shape index (κ2) is 9.17. The fourth-order valence-corrected chi connectivity index (χ4v) is 3.77. The maximum atomic E-state index is 13.9. The summed E-state index contributed by atoms with van der Waals surface area (Å²) in [7, 11) is 0. The molecule has 29 heavy (non-hydrogen) atoms. The molecule has 0 spiro atoms. The standard InChI is InChI=1S/C21H26FN5O2/c22-17-3-1-2-4-18(17)25-19-5-10-23-21(26-19)27-11-6-15(7-12-27)20(28)24-16-8-13-29-14-9-16/h1-5,10,15-16H,6-9,11-14H2,(H,24,28)(H,23,25,26). The van der Waals surface area contributed by atoms with Crippen molar-refractivity contribution in [3.05, 3.63) is 42.3 Å². The fraction of sp³-hybridized carbons (Fsp3) is 0.476. The summed E-state index contributed by atoms with van der Waals surface area (Å²) in [5.41, 5.74) is 0.376. The predicted molar refractivity (Wildman–Crippen MR) is 109 cm³/mol. The van der Waals surface area contributed by atoms with E-state index in [1.54, 1.807) is 30.5 Å². The highest BCUT2D eigenvalue weighted by atomic mass is 19.1. The van der Waals surface area contributed by atoms with E-state index in [-0.39, 0.29) is 23.7 Å². The molecule has 8 heteroatoms. The lowest BCUT2D eigenvalue weighted by molar-refractivity contribution is -0.126. The molecule has 2 fully saturated rings. The van der Waals surface area contributed by atoms with E-state index in [2.05, 4.69) is 25.5 Å². The number of rotatable bonds is 5. The molecule has 3 heterocycles. The van der Waals surface area contributed by atoms with Crippen LogP contribution in [0.2, 0.25) is 0 Å². The Balaban J connectivity index is 1.32. The van der Waals surface area contributed by atoms with Crippen LogP contribution in [0.1, 0.15) is 25.7 Å². The van der Waals surface area contributed by atoms with Crippen molar-refractivity contribution >= 4 is 23.4 Å². The van der Waals surface area contributed by atoms with Crippen LogP contribution in [0.25, 0.3) is 0 Å². The number of nitrogens with zero attached hydrogens (tertiary/aromatic N) is 3. The molecule has 1 aromatic carbocycles. The van der Waals surface area contributed by atoms with E-state index in [0.717, 1.165) is 52.0 Å². The topological polar surface area (TPSA) is 79.4 Å². The number of halogens is 1. The first-order valence-electron chi connectivity index (χ1n) is 10.2. The number of carbonyl (C=O) groups excluding carboxylic acids is 1. The van der Waals surface area contributed by atoms with Gasteiger partial charge in [0.25, 0.3) is 0 Å². The first-order valence-corrected chi connectivity index (χ1v) is 10.2. The van der Waals surface area contributed by atoms with E-state index in [0.29, 0.717) is 17.5 Å². The van der Waals surface area contributed by atoms with Crippen LogP contribution in [0.5, 0.6) is 0 Å². The Labute approximate surface area is 169 Å². The quantitative estimate of drug-likeness (QED) is 0.805. The maximum absolute atomic E-state index is 13.9. The van der Waals surface area contributed by atoms with Crippen LogP contribution >= 0.6 is 0 Å². The van der Waals surface area contributed by atoms with Gasteiger partial charge in [0.15, 0.2) is 0 Å². The molecule has 2 saturated heterocycles. The zero-order valence-electron chi connectivity index (χ0n) is 16.3. The number of nitrogens with one attached hydrogen (secondary N) is 2. The lowest BCUT2D eigenvalue weighted by Crippen LogP contribution is -2.45. The number of amides is 1. The second-order valence-corrected chi connectivity index (χ2v) is 7.50. The molecular formula is C21H26FN5O2. The number of aromatic nitrogens is 2. The van der Waals surface area contributed by atoms with Gasteiger partial charge in [0, 0.05) is 44.5 Å². The number of benzene rings is 1. The van der Waals surface area contributed by atoms with Crippen LogP contribution < -0.4 is 15.5 Å². The predicted octanol–water partition coefficient (Wildman–Crippen LogP) is 2.87. The number of ether oxygens (including phenoxy) is 1. The molecule has 1 amide bonds. The zero-order valence-corrected chi connectivity index (χ0v) is 16.3. The molecule has 2 aliphatic heterocycles. The minimum Gasteiger partial charge on any atom is -0.381 e. The molecule has 0 unspecified atom stereocenters. The highest BCUT2D eigenvalue weighted by Gasteiger charge is 2.28. The molecule has 0 saturated carbocycles. The summed E-state index contributed by atoms with van der Waals surface area (Å²) in [4.78, 5) is 23.5. The van der Waals surface area contributed by atoms with Gasteiger partial charge in [0.2, 0.25) is 11.9 Å². The number of piperidine rings is 1. The summed E-state index contributed by atoms with van der Waals surface area (Å²) in [6, 6.07) is 8.43. The van der Waals surface area contributed by atoms with Crippen molar-refractivity contribution in [2.24, 2.45) is 5.92 Å². The Morgan fingerprint density at radius 3 is 2.62 bits per heavy atom. The highest BCUT2D eigenvalue weighted by Crippen LogP contribution is 2.24. The lowest BCUT2D eigenvalue weighted by Gasteiger charge is -2.32. The number of para-hydroxylation sites is 1. The first-order chi connectivity index (χ1) is 14.2. The van der Waals surface area contributed by atoms with Crippen LogP contribution in [0, 0.1) is 11.7 Å². The largest absolute Gasteiger partial charge is 0.381 e. The minimum atomic E-state index is -0.330. The van der Waals surface area contributed by atoms with Gasteiger partial charge in [0.05, 0.1) is 5.69 Å².